The summed E-state index contributed by atoms with van der Waals surface area (Å²) >= 11 is 8.73. The van der Waals surface area contributed by atoms with Gasteiger partial charge in [0.1, 0.15) is 16.1 Å². The number of ether oxygens (including phenoxy) is 1. The Kier molecular flexibility index (Phi) is 4.24. The maximum Gasteiger partial charge on any atom is 0.144 e. The van der Waals surface area contributed by atoms with Crippen molar-refractivity contribution in [1.82, 2.24) is 9.97 Å². The average molecular weight is 331 g/mol. The number of rotatable bonds is 2. The molecule has 0 aromatic carbocycles. The lowest BCUT2D eigenvalue weighted by molar-refractivity contribution is -0.0599. The summed E-state index contributed by atoms with van der Waals surface area (Å²) in [4.78, 5) is 7.86. The Morgan fingerprint density at radius 2 is 2.06 bits per heavy atom. The number of aromatic nitrogens is 2. The second-order valence-corrected chi connectivity index (χ2v) is 6.39. The minimum absolute atomic E-state index is 0.286. The summed E-state index contributed by atoms with van der Waals surface area (Å²) in [6.07, 6.45) is 4.35. The van der Waals surface area contributed by atoms with E-state index in [0.717, 1.165) is 34.8 Å². The van der Waals surface area contributed by atoms with E-state index >= 15 is 0 Å². The van der Waals surface area contributed by atoms with Gasteiger partial charge in [0.15, 0.2) is 0 Å². The molecule has 0 aliphatic heterocycles. The van der Waals surface area contributed by atoms with Crippen LogP contribution < -0.4 is 0 Å². The van der Waals surface area contributed by atoms with E-state index in [1.54, 1.807) is 7.11 Å². The molecule has 100 valence electrons. The number of halogens is 1. The van der Waals surface area contributed by atoms with E-state index in [4.69, 9.17) is 17.0 Å². The van der Waals surface area contributed by atoms with Crippen molar-refractivity contribution < 1.29 is 4.74 Å². The van der Waals surface area contributed by atoms with Crippen LogP contribution in [0.3, 0.4) is 0 Å². The fourth-order valence-electron chi connectivity index (χ4n) is 2.55. The van der Waals surface area contributed by atoms with Crippen LogP contribution in [0.25, 0.3) is 0 Å². The first-order chi connectivity index (χ1) is 8.48. The van der Waals surface area contributed by atoms with E-state index in [2.05, 4.69) is 32.8 Å². The Morgan fingerprint density at radius 1 is 1.44 bits per heavy atom. The molecule has 1 aromatic rings. The Bertz CT molecular complexity index is 492. The zero-order chi connectivity index (χ0) is 13.3. The van der Waals surface area contributed by atoms with Crippen molar-refractivity contribution >= 4 is 28.1 Å². The lowest BCUT2D eigenvalue weighted by atomic mass is 9.79. The van der Waals surface area contributed by atoms with Crippen LogP contribution in [0.15, 0.2) is 4.47 Å². The fourth-order valence-corrected chi connectivity index (χ4v) is 2.99. The SMILES string of the molecule is COC1(c2nc(=S)c(Br)c(C)[nH]2)CCC(C)CC1. The molecule has 0 saturated heterocycles. The number of hydrogen-bond donors (Lipinski definition) is 1. The van der Waals surface area contributed by atoms with E-state index in [-0.39, 0.29) is 5.60 Å². The number of aryl methyl sites for hydroxylation is 1. The molecule has 5 heteroatoms. The zero-order valence-electron chi connectivity index (χ0n) is 11.0. The van der Waals surface area contributed by atoms with Crippen LogP contribution in [-0.2, 0) is 10.3 Å². The number of aromatic amines is 1. The van der Waals surface area contributed by atoms with Crippen molar-refractivity contribution in [2.75, 3.05) is 7.11 Å². The maximum absolute atomic E-state index is 5.81. The summed E-state index contributed by atoms with van der Waals surface area (Å²) in [6.45, 7) is 4.29. The average Bonchev–Trinajstić information content (AvgIpc) is 2.37. The second kappa shape index (κ2) is 5.39. The minimum atomic E-state index is -0.286. The number of methoxy groups -OCH3 is 1. The van der Waals surface area contributed by atoms with Crippen molar-refractivity contribution in [2.45, 2.75) is 45.1 Å². The van der Waals surface area contributed by atoms with E-state index in [1.165, 1.54) is 12.8 Å². The summed E-state index contributed by atoms with van der Waals surface area (Å²) in [6, 6.07) is 0. The molecule has 3 nitrogen and oxygen atoms in total. The van der Waals surface area contributed by atoms with Crippen molar-refractivity contribution in [3.63, 3.8) is 0 Å². The number of hydrogen-bond acceptors (Lipinski definition) is 3. The number of H-pyrrole nitrogens is 1. The third-order valence-corrected chi connectivity index (χ3v) is 5.47. The van der Waals surface area contributed by atoms with Crippen LogP contribution in [0.5, 0.6) is 0 Å². The van der Waals surface area contributed by atoms with Gasteiger partial charge in [0, 0.05) is 12.8 Å². The maximum atomic E-state index is 5.81. The molecule has 1 fully saturated rings. The third-order valence-electron chi connectivity index (χ3n) is 3.94. The van der Waals surface area contributed by atoms with Gasteiger partial charge in [0.25, 0.3) is 0 Å². The highest BCUT2D eigenvalue weighted by Gasteiger charge is 2.38. The summed E-state index contributed by atoms with van der Waals surface area (Å²) in [5.41, 5.74) is 0.728. The van der Waals surface area contributed by atoms with Gasteiger partial charge in [-0.05, 0) is 54.5 Å². The first kappa shape index (κ1) is 14.2. The molecule has 1 N–H and O–H groups in total. The molecule has 1 aliphatic rings. The standard InChI is InChI=1S/C13H19BrN2OS/c1-8-4-6-13(17-3,7-5-8)12-15-9(2)10(14)11(18)16-12/h8H,4-7H2,1-3H3,(H,15,16,18). The zero-order valence-corrected chi connectivity index (χ0v) is 13.4. The van der Waals surface area contributed by atoms with Gasteiger partial charge >= 0.3 is 0 Å². The van der Waals surface area contributed by atoms with Crippen LogP contribution in [0.2, 0.25) is 0 Å². The molecular weight excluding hydrogens is 312 g/mol. The fraction of sp³-hybridized carbons (Fsp3) is 0.692. The summed E-state index contributed by atoms with van der Waals surface area (Å²) in [5.74, 6) is 1.65. The van der Waals surface area contributed by atoms with Gasteiger partial charge in [0.05, 0.1) is 4.47 Å². The molecule has 2 rings (SSSR count). The number of nitrogens with zero attached hydrogens (tertiary/aromatic N) is 1. The molecule has 0 atom stereocenters. The van der Waals surface area contributed by atoms with Crippen molar-refractivity contribution in [3.8, 4) is 0 Å². The highest BCUT2D eigenvalue weighted by molar-refractivity contribution is 9.10. The topological polar surface area (TPSA) is 37.9 Å². The largest absolute Gasteiger partial charge is 0.370 e. The normalized spacial score (nSPS) is 28.3. The molecular formula is C13H19BrN2OS. The van der Waals surface area contributed by atoms with Gasteiger partial charge in [-0.1, -0.05) is 19.1 Å². The van der Waals surface area contributed by atoms with Gasteiger partial charge in [-0.3, -0.25) is 0 Å². The Morgan fingerprint density at radius 3 is 2.56 bits per heavy atom. The number of nitrogens with one attached hydrogen (secondary N) is 1. The molecule has 1 heterocycles. The summed E-state index contributed by atoms with van der Waals surface area (Å²) < 4.78 is 7.29. The molecule has 0 amide bonds. The lowest BCUT2D eigenvalue weighted by Crippen LogP contribution is -2.35. The summed E-state index contributed by atoms with van der Waals surface area (Å²) in [7, 11) is 1.77. The van der Waals surface area contributed by atoms with Crippen LogP contribution in [-0.4, -0.2) is 17.1 Å². The van der Waals surface area contributed by atoms with Crippen molar-refractivity contribution in [3.05, 3.63) is 20.6 Å². The highest BCUT2D eigenvalue weighted by Crippen LogP contribution is 2.40. The molecule has 1 aromatic heterocycles. The second-order valence-electron chi connectivity index (χ2n) is 5.21. The van der Waals surface area contributed by atoms with Crippen LogP contribution in [0, 0.1) is 17.5 Å². The smallest absolute Gasteiger partial charge is 0.144 e. The molecule has 0 unspecified atom stereocenters. The van der Waals surface area contributed by atoms with Crippen LogP contribution >= 0.6 is 28.1 Å². The van der Waals surface area contributed by atoms with Gasteiger partial charge in [-0.15, -0.1) is 0 Å². The Hall–Kier alpha value is -0.260. The van der Waals surface area contributed by atoms with E-state index in [9.17, 15) is 0 Å². The lowest BCUT2D eigenvalue weighted by Gasteiger charge is -2.37. The van der Waals surface area contributed by atoms with E-state index < -0.39 is 0 Å². The summed E-state index contributed by atoms with van der Waals surface area (Å²) in [5, 5.41) is 0. The Labute approximate surface area is 121 Å². The monoisotopic (exact) mass is 330 g/mol. The van der Waals surface area contributed by atoms with Gasteiger partial charge in [0.2, 0.25) is 0 Å². The molecule has 1 aliphatic carbocycles. The minimum Gasteiger partial charge on any atom is -0.370 e. The van der Waals surface area contributed by atoms with Gasteiger partial charge in [-0.2, -0.15) is 0 Å². The highest BCUT2D eigenvalue weighted by atomic mass is 79.9. The molecule has 0 spiro atoms. The quantitative estimate of drug-likeness (QED) is 0.823. The molecule has 1 saturated carbocycles. The first-order valence-electron chi connectivity index (χ1n) is 6.30. The predicted molar refractivity (Wildman–Crippen MR) is 78.2 cm³/mol. The van der Waals surface area contributed by atoms with Crippen LogP contribution in [0.1, 0.15) is 44.1 Å². The van der Waals surface area contributed by atoms with E-state index in [0.29, 0.717) is 4.64 Å². The van der Waals surface area contributed by atoms with Crippen molar-refractivity contribution in [1.29, 1.82) is 0 Å². The molecule has 0 bridgehead atoms. The van der Waals surface area contributed by atoms with Crippen LogP contribution in [0.4, 0.5) is 0 Å². The molecule has 0 radical (unpaired) electrons. The first-order valence-corrected chi connectivity index (χ1v) is 7.50. The third kappa shape index (κ3) is 2.53. The van der Waals surface area contributed by atoms with Crippen molar-refractivity contribution in [2.24, 2.45) is 5.92 Å². The molecule has 18 heavy (non-hydrogen) atoms. The van der Waals surface area contributed by atoms with Gasteiger partial charge in [-0.25, -0.2) is 4.98 Å². The predicted octanol–water partition coefficient (Wildman–Crippen LogP) is 4.26. The van der Waals surface area contributed by atoms with E-state index in [1.807, 2.05) is 6.92 Å². The van der Waals surface area contributed by atoms with Gasteiger partial charge < -0.3 is 9.72 Å². The Balaban J connectivity index is 2.42.